The van der Waals surface area contributed by atoms with Gasteiger partial charge in [0.25, 0.3) is 0 Å². The molecular weight excluding hydrogens is 205 g/mol. The predicted molar refractivity (Wildman–Crippen MR) is 56.2 cm³/mol. The Bertz CT molecular complexity index is 465. The lowest BCUT2D eigenvalue weighted by Crippen LogP contribution is -2.59. The normalized spacial score (nSPS) is 24.2. The van der Waals surface area contributed by atoms with Crippen LogP contribution < -0.4 is 0 Å². The minimum Gasteiger partial charge on any atom is -0.380 e. The van der Waals surface area contributed by atoms with Crippen LogP contribution >= 0.6 is 0 Å². The molecule has 1 saturated carbocycles. The lowest BCUT2D eigenvalue weighted by atomic mass is 9.50. The molecule has 0 bridgehead atoms. The summed E-state index contributed by atoms with van der Waals surface area (Å²) in [5, 5.41) is 9.31. The monoisotopic (exact) mass is 217 g/mol. The van der Waals surface area contributed by atoms with Crippen LogP contribution in [0.5, 0.6) is 0 Å². The quantitative estimate of drug-likeness (QED) is 0.723. The summed E-state index contributed by atoms with van der Waals surface area (Å²) >= 11 is 0. The van der Waals surface area contributed by atoms with E-state index in [1.807, 2.05) is 0 Å². The van der Waals surface area contributed by atoms with Crippen molar-refractivity contribution in [3.8, 4) is 6.07 Å². The average Bonchev–Trinajstić information content (AvgIpc) is 2.17. The van der Waals surface area contributed by atoms with Gasteiger partial charge >= 0.3 is 0 Å². The fraction of sp³-hybridized carbons (Fsp3) is 0.462. The highest BCUT2D eigenvalue weighted by Gasteiger charge is 2.60. The summed E-state index contributed by atoms with van der Waals surface area (Å²) in [6.45, 7) is 1.45. The van der Waals surface area contributed by atoms with Crippen molar-refractivity contribution in [2.75, 3.05) is 13.2 Å². The molecule has 1 spiro atoms. The van der Waals surface area contributed by atoms with Crippen LogP contribution in [0.2, 0.25) is 0 Å². The van der Waals surface area contributed by atoms with Crippen molar-refractivity contribution in [1.82, 2.24) is 0 Å². The van der Waals surface area contributed by atoms with Crippen LogP contribution in [0, 0.1) is 22.6 Å². The van der Waals surface area contributed by atoms with Crippen LogP contribution in [-0.4, -0.2) is 13.2 Å². The summed E-state index contributed by atoms with van der Waals surface area (Å²) in [7, 11) is 0. The summed E-state index contributed by atoms with van der Waals surface area (Å²) in [5.74, 6) is -0.265. The van der Waals surface area contributed by atoms with Crippen LogP contribution in [-0.2, 0) is 10.2 Å². The molecule has 82 valence electrons. The molecule has 3 rings (SSSR count). The molecule has 0 N–H and O–H groups in total. The molecule has 0 unspecified atom stereocenters. The number of ether oxygens (including phenoxy) is 1. The Morgan fingerprint density at radius 3 is 2.44 bits per heavy atom. The van der Waals surface area contributed by atoms with Crippen LogP contribution in [0.4, 0.5) is 4.39 Å². The molecule has 16 heavy (non-hydrogen) atoms. The van der Waals surface area contributed by atoms with E-state index in [0.29, 0.717) is 5.56 Å². The Morgan fingerprint density at radius 2 is 1.94 bits per heavy atom. The van der Waals surface area contributed by atoms with Gasteiger partial charge in [0.15, 0.2) is 0 Å². The van der Waals surface area contributed by atoms with Crippen LogP contribution in [0.3, 0.4) is 0 Å². The van der Waals surface area contributed by atoms with Gasteiger partial charge in [0.2, 0.25) is 0 Å². The van der Waals surface area contributed by atoms with E-state index in [-0.39, 0.29) is 11.2 Å². The topological polar surface area (TPSA) is 33.0 Å². The highest BCUT2D eigenvalue weighted by molar-refractivity contribution is 5.39. The van der Waals surface area contributed by atoms with E-state index in [0.717, 1.165) is 26.1 Å². The maximum atomic E-state index is 13.7. The molecule has 1 heterocycles. The fourth-order valence-electron chi connectivity index (χ4n) is 3.00. The number of halogens is 1. The van der Waals surface area contributed by atoms with E-state index in [2.05, 4.69) is 6.07 Å². The summed E-state index contributed by atoms with van der Waals surface area (Å²) in [4.78, 5) is 0. The lowest BCUT2D eigenvalue weighted by molar-refractivity contribution is -0.178. The number of benzene rings is 1. The molecule has 1 aliphatic carbocycles. The van der Waals surface area contributed by atoms with Gasteiger partial charge < -0.3 is 4.74 Å². The Balaban J connectivity index is 1.94. The third kappa shape index (κ3) is 1.14. The van der Waals surface area contributed by atoms with Gasteiger partial charge in [-0.25, -0.2) is 4.39 Å². The second-order valence-electron chi connectivity index (χ2n) is 5.02. The van der Waals surface area contributed by atoms with E-state index in [9.17, 15) is 9.65 Å². The van der Waals surface area contributed by atoms with Gasteiger partial charge in [0.05, 0.1) is 24.7 Å². The molecular formula is C13H12FNO. The molecule has 0 atom stereocenters. The number of hydrogen-bond donors (Lipinski definition) is 0. The first-order valence-corrected chi connectivity index (χ1v) is 5.44. The number of nitriles is 1. The van der Waals surface area contributed by atoms with Gasteiger partial charge in [0.1, 0.15) is 5.82 Å². The maximum Gasteiger partial charge on any atom is 0.128 e. The molecule has 0 aromatic heterocycles. The van der Waals surface area contributed by atoms with E-state index >= 15 is 0 Å². The molecule has 0 amide bonds. The lowest BCUT2D eigenvalue weighted by Gasteiger charge is -2.57. The maximum absolute atomic E-state index is 13.7. The molecule has 2 nitrogen and oxygen atoms in total. The molecule has 3 heteroatoms. The summed E-state index contributed by atoms with van der Waals surface area (Å²) in [6.07, 6.45) is 1.47. The number of rotatable bonds is 1. The Labute approximate surface area is 93.6 Å². The van der Waals surface area contributed by atoms with Crippen molar-refractivity contribution in [2.45, 2.75) is 18.3 Å². The second-order valence-corrected chi connectivity index (χ2v) is 5.02. The standard InChI is InChI=1S/C13H12FNO/c14-11-4-2-1-3-10(11)13(7-15)5-12(6-13)8-16-9-12/h1-4H,5-6,8-9H2. The van der Waals surface area contributed by atoms with Gasteiger partial charge in [0, 0.05) is 11.0 Å². The fourth-order valence-corrected chi connectivity index (χ4v) is 3.00. The predicted octanol–water partition coefficient (Wildman–Crippen LogP) is 2.40. The largest absolute Gasteiger partial charge is 0.380 e. The zero-order valence-electron chi connectivity index (χ0n) is 8.87. The van der Waals surface area contributed by atoms with Crippen molar-refractivity contribution >= 4 is 0 Å². The zero-order chi connectivity index (χ0) is 11.2. The van der Waals surface area contributed by atoms with E-state index in [1.54, 1.807) is 18.2 Å². The first-order chi connectivity index (χ1) is 7.70. The van der Waals surface area contributed by atoms with Crippen molar-refractivity contribution in [1.29, 1.82) is 5.26 Å². The van der Waals surface area contributed by atoms with Crippen molar-refractivity contribution in [3.63, 3.8) is 0 Å². The van der Waals surface area contributed by atoms with Gasteiger partial charge in [-0.2, -0.15) is 5.26 Å². The van der Waals surface area contributed by atoms with E-state index in [4.69, 9.17) is 4.74 Å². The SMILES string of the molecule is N#CC1(c2ccccc2F)CC2(COC2)C1. The molecule has 2 aliphatic rings. The molecule has 1 aliphatic heterocycles. The third-order valence-electron chi connectivity index (χ3n) is 3.77. The van der Waals surface area contributed by atoms with Gasteiger partial charge in [-0.3, -0.25) is 0 Å². The smallest absolute Gasteiger partial charge is 0.128 e. The average molecular weight is 217 g/mol. The summed E-state index contributed by atoms with van der Waals surface area (Å²) < 4.78 is 18.9. The summed E-state index contributed by atoms with van der Waals surface area (Å²) in [6, 6.07) is 8.90. The second kappa shape index (κ2) is 3.05. The van der Waals surface area contributed by atoms with E-state index in [1.165, 1.54) is 6.07 Å². The van der Waals surface area contributed by atoms with Crippen LogP contribution in [0.15, 0.2) is 24.3 Å². The van der Waals surface area contributed by atoms with Gasteiger partial charge in [-0.1, -0.05) is 18.2 Å². The molecule has 1 saturated heterocycles. The highest BCUT2D eigenvalue weighted by atomic mass is 19.1. The van der Waals surface area contributed by atoms with Gasteiger partial charge in [-0.15, -0.1) is 0 Å². The molecule has 1 aromatic rings. The minimum absolute atomic E-state index is 0.165. The molecule has 1 aromatic carbocycles. The van der Waals surface area contributed by atoms with E-state index < -0.39 is 5.41 Å². The van der Waals surface area contributed by atoms with Crippen molar-refractivity contribution < 1.29 is 9.13 Å². The Hall–Kier alpha value is -1.40. The highest BCUT2D eigenvalue weighted by Crippen LogP contribution is 2.59. The number of hydrogen-bond acceptors (Lipinski definition) is 2. The minimum atomic E-state index is -0.616. The zero-order valence-corrected chi connectivity index (χ0v) is 8.87. The molecule has 0 radical (unpaired) electrons. The Kier molecular flexibility index (Phi) is 1.87. The first kappa shape index (κ1) is 9.80. The van der Waals surface area contributed by atoms with Crippen LogP contribution in [0.1, 0.15) is 18.4 Å². The number of nitrogens with zero attached hydrogens (tertiary/aromatic N) is 1. The van der Waals surface area contributed by atoms with Crippen molar-refractivity contribution in [3.05, 3.63) is 35.6 Å². The summed E-state index contributed by atoms with van der Waals surface area (Å²) in [5.41, 5.74) is 0.0997. The van der Waals surface area contributed by atoms with Crippen molar-refractivity contribution in [2.24, 2.45) is 5.41 Å². The first-order valence-electron chi connectivity index (χ1n) is 5.44. The Morgan fingerprint density at radius 1 is 1.25 bits per heavy atom. The molecule has 2 fully saturated rings. The van der Waals surface area contributed by atoms with Crippen LogP contribution in [0.25, 0.3) is 0 Å². The van der Waals surface area contributed by atoms with Gasteiger partial charge in [-0.05, 0) is 18.9 Å². The third-order valence-corrected chi connectivity index (χ3v) is 3.77.